The van der Waals surface area contributed by atoms with Gasteiger partial charge in [-0.3, -0.25) is 4.68 Å². The highest BCUT2D eigenvalue weighted by Gasteiger charge is 2.22. The predicted octanol–water partition coefficient (Wildman–Crippen LogP) is 3.15. The van der Waals surface area contributed by atoms with Gasteiger partial charge in [-0.2, -0.15) is 10.1 Å². The Morgan fingerprint density at radius 3 is 2.82 bits per heavy atom. The number of ether oxygens (including phenoxy) is 1. The molecule has 2 unspecified atom stereocenters. The zero-order valence-electron chi connectivity index (χ0n) is 15.2. The second-order valence-corrected chi connectivity index (χ2v) is 6.74. The quantitative estimate of drug-likeness (QED) is 0.393. The van der Waals surface area contributed by atoms with E-state index in [0.717, 1.165) is 10.9 Å². The van der Waals surface area contributed by atoms with Crippen molar-refractivity contribution in [3.8, 4) is 5.88 Å². The van der Waals surface area contributed by atoms with Crippen LogP contribution in [0.4, 0.5) is 4.79 Å². The minimum Gasteiger partial charge on any atom is -0.476 e. The first-order chi connectivity index (χ1) is 13.5. The first kappa shape index (κ1) is 19.9. The summed E-state index contributed by atoms with van der Waals surface area (Å²) in [6.07, 6.45) is 0.438. The van der Waals surface area contributed by atoms with E-state index in [0.29, 0.717) is 36.0 Å². The Morgan fingerprint density at radius 2 is 2.11 bits per heavy atom. The number of benzene rings is 1. The van der Waals surface area contributed by atoms with Gasteiger partial charge in [-0.25, -0.2) is 4.79 Å². The van der Waals surface area contributed by atoms with Crippen molar-refractivity contribution in [1.29, 1.82) is 0 Å². The number of fused-ring (bicyclic) bond motifs is 1. The highest BCUT2D eigenvalue weighted by molar-refractivity contribution is 6.30. The van der Waals surface area contributed by atoms with Crippen LogP contribution in [0.5, 0.6) is 5.88 Å². The number of amides is 1. The fourth-order valence-corrected chi connectivity index (χ4v) is 3.25. The molecular formula is C19H21ClN4O4. The molecule has 2 atom stereocenters. The Bertz CT molecular complexity index is 948. The molecule has 1 amide bonds. The van der Waals surface area contributed by atoms with Gasteiger partial charge in [0.2, 0.25) is 5.88 Å². The van der Waals surface area contributed by atoms with Gasteiger partial charge in [0.1, 0.15) is 10.7 Å². The van der Waals surface area contributed by atoms with E-state index in [1.165, 1.54) is 0 Å². The van der Waals surface area contributed by atoms with E-state index in [-0.39, 0.29) is 0 Å². The van der Waals surface area contributed by atoms with Crippen molar-refractivity contribution in [2.75, 3.05) is 6.61 Å². The van der Waals surface area contributed by atoms with Crippen molar-refractivity contribution in [1.82, 2.24) is 20.1 Å². The molecule has 0 bridgehead atoms. The first-order valence-corrected chi connectivity index (χ1v) is 9.17. The number of aryl methyl sites for hydroxylation is 1. The van der Waals surface area contributed by atoms with Crippen molar-refractivity contribution in [2.24, 2.45) is 7.05 Å². The third-order valence-electron chi connectivity index (χ3n) is 4.36. The molecule has 0 saturated heterocycles. The standard InChI is InChI=1S/C19H21ClN4O4/c1-24-17-13(11-21-24)10-15(20)22-18(17)28-9-5-8-14(25)16(23-19(26)27)12-6-3-2-4-7-12/h2-4,6-7,10-11,14,16,23,25H,5,8-9H2,1H3,(H,26,27). The molecule has 3 N–H and O–H groups in total. The van der Waals surface area contributed by atoms with Crippen molar-refractivity contribution >= 4 is 28.6 Å². The van der Waals surface area contributed by atoms with Crippen LogP contribution in [-0.4, -0.2) is 43.8 Å². The van der Waals surface area contributed by atoms with Gasteiger partial charge in [0.25, 0.3) is 0 Å². The van der Waals surface area contributed by atoms with Gasteiger partial charge in [-0.15, -0.1) is 0 Å². The minimum atomic E-state index is -1.19. The highest BCUT2D eigenvalue weighted by Crippen LogP contribution is 2.26. The number of pyridine rings is 1. The van der Waals surface area contributed by atoms with Crippen LogP contribution in [0.3, 0.4) is 0 Å². The summed E-state index contributed by atoms with van der Waals surface area (Å²) in [6.45, 7) is 0.291. The molecule has 28 heavy (non-hydrogen) atoms. The molecule has 0 aliphatic heterocycles. The molecule has 2 heterocycles. The number of nitrogens with one attached hydrogen (secondary N) is 1. The number of carbonyl (C=O) groups is 1. The number of nitrogens with zero attached hydrogens (tertiary/aromatic N) is 3. The lowest BCUT2D eigenvalue weighted by Crippen LogP contribution is -2.35. The average Bonchev–Trinajstić information content (AvgIpc) is 3.04. The van der Waals surface area contributed by atoms with E-state index in [2.05, 4.69) is 15.4 Å². The normalized spacial score (nSPS) is 13.2. The Morgan fingerprint density at radius 1 is 1.36 bits per heavy atom. The number of hydrogen-bond acceptors (Lipinski definition) is 5. The maximum Gasteiger partial charge on any atom is 0.405 e. The van der Waals surface area contributed by atoms with E-state index in [9.17, 15) is 9.90 Å². The zero-order valence-corrected chi connectivity index (χ0v) is 16.0. The van der Waals surface area contributed by atoms with Crippen LogP contribution in [0.15, 0.2) is 42.6 Å². The van der Waals surface area contributed by atoms with Gasteiger partial charge in [-0.1, -0.05) is 41.9 Å². The highest BCUT2D eigenvalue weighted by atomic mass is 35.5. The van der Waals surface area contributed by atoms with E-state index >= 15 is 0 Å². The summed E-state index contributed by atoms with van der Waals surface area (Å²) in [6, 6.07) is 9.97. The van der Waals surface area contributed by atoms with Crippen LogP contribution in [0.1, 0.15) is 24.4 Å². The summed E-state index contributed by atoms with van der Waals surface area (Å²) < 4.78 is 7.41. The number of aromatic nitrogens is 3. The third-order valence-corrected chi connectivity index (χ3v) is 4.55. The Labute approximate surface area is 166 Å². The Balaban J connectivity index is 1.61. The lowest BCUT2D eigenvalue weighted by molar-refractivity contribution is 0.105. The van der Waals surface area contributed by atoms with Crippen molar-refractivity contribution in [2.45, 2.75) is 25.0 Å². The molecule has 9 heteroatoms. The van der Waals surface area contributed by atoms with Crippen LogP contribution in [0.25, 0.3) is 10.9 Å². The molecule has 0 saturated carbocycles. The average molecular weight is 405 g/mol. The largest absolute Gasteiger partial charge is 0.476 e. The molecule has 8 nitrogen and oxygen atoms in total. The summed E-state index contributed by atoms with van der Waals surface area (Å²) in [4.78, 5) is 15.3. The molecule has 0 aliphatic rings. The fraction of sp³-hybridized carbons (Fsp3) is 0.316. The van der Waals surface area contributed by atoms with Crippen LogP contribution in [0.2, 0.25) is 5.15 Å². The van der Waals surface area contributed by atoms with E-state index in [4.69, 9.17) is 21.4 Å². The molecule has 0 spiro atoms. The summed E-state index contributed by atoms with van der Waals surface area (Å²) in [7, 11) is 1.79. The van der Waals surface area contributed by atoms with E-state index < -0.39 is 18.2 Å². The molecule has 148 valence electrons. The minimum absolute atomic E-state index is 0.291. The molecule has 0 fully saturated rings. The number of halogens is 1. The number of carboxylic acid groups (broad SMARTS) is 1. The van der Waals surface area contributed by atoms with Crippen molar-refractivity contribution in [3.63, 3.8) is 0 Å². The monoisotopic (exact) mass is 404 g/mol. The van der Waals surface area contributed by atoms with Gasteiger partial charge >= 0.3 is 6.09 Å². The lowest BCUT2D eigenvalue weighted by Gasteiger charge is -2.23. The number of aliphatic hydroxyl groups excluding tert-OH is 1. The molecule has 1 aromatic carbocycles. The van der Waals surface area contributed by atoms with Crippen molar-refractivity contribution < 1.29 is 19.7 Å². The first-order valence-electron chi connectivity index (χ1n) is 8.79. The molecule has 2 aromatic heterocycles. The maximum absolute atomic E-state index is 11.1. The molecule has 0 aliphatic carbocycles. The fourth-order valence-electron chi connectivity index (χ4n) is 3.06. The topological polar surface area (TPSA) is 110 Å². The van der Waals surface area contributed by atoms with Crippen LogP contribution < -0.4 is 10.1 Å². The van der Waals surface area contributed by atoms with E-state index in [1.54, 1.807) is 48.3 Å². The SMILES string of the molecule is Cn1ncc2cc(Cl)nc(OCCCC(O)C(NC(=O)O)c3ccccc3)c21. The Hall–Kier alpha value is -2.84. The second-order valence-electron chi connectivity index (χ2n) is 6.35. The molecular weight excluding hydrogens is 384 g/mol. The molecule has 3 rings (SSSR count). The van der Waals surface area contributed by atoms with Gasteiger partial charge in [0.05, 0.1) is 24.9 Å². The summed E-state index contributed by atoms with van der Waals surface area (Å²) in [5.74, 6) is 0.375. The second kappa shape index (κ2) is 8.90. The maximum atomic E-state index is 11.1. The molecule has 3 aromatic rings. The van der Waals surface area contributed by atoms with Gasteiger partial charge in [0.15, 0.2) is 0 Å². The number of aliphatic hydroxyl groups is 1. The summed E-state index contributed by atoms with van der Waals surface area (Å²) >= 11 is 6.02. The van der Waals surface area contributed by atoms with Gasteiger partial charge in [0, 0.05) is 12.4 Å². The zero-order chi connectivity index (χ0) is 20.1. The van der Waals surface area contributed by atoms with Gasteiger partial charge < -0.3 is 20.3 Å². The predicted molar refractivity (Wildman–Crippen MR) is 105 cm³/mol. The summed E-state index contributed by atoms with van der Waals surface area (Å²) in [5, 5.41) is 27.3. The Kier molecular flexibility index (Phi) is 6.33. The number of hydrogen-bond donors (Lipinski definition) is 3. The number of rotatable bonds is 8. The van der Waals surface area contributed by atoms with Crippen LogP contribution in [-0.2, 0) is 7.05 Å². The van der Waals surface area contributed by atoms with Crippen LogP contribution in [0, 0.1) is 0 Å². The summed E-state index contributed by atoms with van der Waals surface area (Å²) in [5.41, 5.74) is 1.44. The smallest absolute Gasteiger partial charge is 0.405 e. The van der Waals surface area contributed by atoms with E-state index in [1.807, 2.05) is 6.07 Å². The van der Waals surface area contributed by atoms with Crippen molar-refractivity contribution in [3.05, 3.63) is 53.3 Å². The molecule has 0 radical (unpaired) electrons. The third kappa shape index (κ3) is 4.71. The van der Waals surface area contributed by atoms with Crippen LogP contribution >= 0.6 is 11.6 Å². The lowest BCUT2D eigenvalue weighted by atomic mass is 9.98. The van der Waals surface area contributed by atoms with Gasteiger partial charge in [-0.05, 0) is 24.5 Å².